The second-order valence-corrected chi connectivity index (χ2v) is 4.82. The number of nitrogens with one attached hydrogen (secondary N) is 1. The second-order valence-electron chi connectivity index (χ2n) is 4.82. The van der Waals surface area contributed by atoms with Gasteiger partial charge in [0, 0.05) is 5.56 Å². The van der Waals surface area contributed by atoms with Gasteiger partial charge in [-0.15, -0.1) is 0 Å². The van der Waals surface area contributed by atoms with Crippen LogP contribution in [0.2, 0.25) is 0 Å². The quantitative estimate of drug-likeness (QED) is 0.883. The number of hydrogen-bond donors (Lipinski definition) is 1. The molecule has 0 aliphatic rings. The summed E-state index contributed by atoms with van der Waals surface area (Å²) in [4.78, 5) is 23.5. The molecule has 0 spiro atoms. The number of ether oxygens (including phenoxy) is 1. The lowest BCUT2D eigenvalue weighted by Gasteiger charge is -2.14. The van der Waals surface area contributed by atoms with Crippen molar-refractivity contribution < 1.29 is 18.7 Å². The summed E-state index contributed by atoms with van der Waals surface area (Å²) in [6.45, 7) is 1.81. The predicted molar refractivity (Wildman–Crippen MR) is 80.1 cm³/mol. The fourth-order valence-electron chi connectivity index (χ4n) is 1.99. The minimum absolute atomic E-state index is 0.256. The van der Waals surface area contributed by atoms with E-state index in [1.54, 1.807) is 24.3 Å². The zero-order valence-electron chi connectivity index (χ0n) is 12.3. The van der Waals surface area contributed by atoms with Crippen molar-refractivity contribution in [3.05, 3.63) is 71.0 Å². The predicted octanol–water partition coefficient (Wildman–Crippen LogP) is 3.10. The Bertz CT molecular complexity index is 665. The number of methoxy groups -OCH3 is 1. The molecule has 0 unspecified atom stereocenters. The molecule has 0 saturated carbocycles. The Hall–Kier alpha value is -2.69. The molecule has 1 N–H and O–H groups in total. The van der Waals surface area contributed by atoms with Gasteiger partial charge in [0.15, 0.2) is 0 Å². The molecular weight excluding hydrogens is 285 g/mol. The second kappa shape index (κ2) is 6.85. The normalized spacial score (nSPS) is 11.6. The summed E-state index contributed by atoms with van der Waals surface area (Å²) in [6, 6.07) is 11.9. The summed E-state index contributed by atoms with van der Waals surface area (Å²) < 4.78 is 17.5. The van der Waals surface area contributed by atoms with Crippen molar-refractivity contribution in [3.8, 4) is 0 Å². The van der Waals surface area contributed by atoms with Crippen LogP contribution >= 0.6 is 0 Å². The molecule has 0 radical (unpaired) electrons. The van der Waals surface area contributed by atoms with Gasteiger partial charge >= 0.3 is 5.97 Å². The summed E-state index contributed by atoms with van der Waals surface area (Å²) >= 11 is 0. The highest BCUT2D eigenvalue weighted by molar-refractivity contribution is 5.96. The molecule has 0 saturated heterocycles. The molecule has 0 aliphatic carbocycles. The van der Waals surface area contributed by atoms with E-state index < -0.39 is 5.97 Å². The Balaban J connectivity index is 2.05. The summed E-state index contributed by atoms with van der Waals surface area (Å²) in [7, 11) is 1.30. The SMILES string of the molecule is COC(=O)c1ccc(C(=O)N[C@@H](C)c2ccc(F)cc2)cc1. The maximum atomic E-state index is 12.9. The molecule has 0 heterocycles. The molecule has 0 aromatic heterocycles. The molecule has 0 aliphatic heterocycles. The van der Waals surface area contributed by atoms with E-state index in [2.05, 4.69) is 10.1 Å². The maximum absolute atomic E-state index is 12.9. The number of amides is 1. The lowest BCUT2D eigenvalue weighted by atomic mass is 10.1. The largest absolute Gasteiger partial charge is 0.465 e. The van der Waals surface area contributed by atoms with E-state index in [-0.39, 0.29) is 17.8 Å². The summed E-state index contributed by atoms with van der Waals surface area (Å²) in [5.74, 6) is -1.04. The first kappa shape index (κ1) is 15.7. The van der Waals surface area contributed by atoms with Gasteiger partial charge in [0.2, 0.25) is 0 Å². The highest BCUT2D eigenvalue weighted by Crippen LogP contribution is 2.14. The van der Waals surface area contributed by atoms with E-state index in [1.165, 1.54) is 31.4 Å². The van der Waals surface area contributed by atoms with Crippen molar-refractivity contribution >= 4 is 11.9 Å². The van der Waals surface area contributed by atoms with Crippen LogP contribution in [0.1, 0.15) is 39.2 Å². The molecular formula is C17H16FNO3. The van der Waals surface area contributed by atoms with Crippen molar-refractivity contribution in [2.75, 3.05) is 7.11 Å². The number of carbonyl (C=O) groups excluding carboxylic acids is 2. The van der Waals surface area contributed by atoms with Gasteiger partial charge in [-0.3, -0.25) is 4.79 Å². The lowest BCUT2D eigenvalue weighted by molar-refractivity contribution is 0.0600. The fraction of sp³-hybridized carbons (Fsp3) is 0.176. The minimum Gasteiger partial charge on any atom is -0.465 e. The van der Waals surface area contributed by atoms with E-state index in [0.29, 0.717) is 11.1 Å². The lowest BCUT2D eigenvalue weighted by Crippen LogP contribution is -2.26. The molecule has 2 aromatic carbocycles. The maximum Gasteiger partial charge on any atom is 0.337 e. The van der Waals surface area contributed by atoms with Gasteiger partial charge in [0.1, 0.15) is 5.82 Å². The van der Waals surface area contributed by atoms with Crippen LogP contribution in [0.3, 0.4) is 0 Å². The first-order valence-corrected chi connectivity index (χ1v) is 6.76. The van der Waals surface area contributed by atoms with Crippen LogP contribution in [0.15, 0.2) is 48.5 Å². The van der Waals surface area contributed by atoms with Crippen molar-refractivity contribution in [1.29, 1.82) is 0 Å². The number of esters is 1. The van der Waals surface area contributed by atoms with E-state index in [4.69, 9.17) is 0 Å². The Labute approximate surface area is 127 Å². The van der Waals surface area contributed by atoms with E-state index >= 15 is 0 Å². The molecule has 1 atom stereocenters. The van der Waals surface area contributed by atoms with Gasteiger partial charge in [0.05, 0.1) is 18.7 Å². The highest BCUT2D eigenvalue weighted by atomic mass is 19.1. The Morgan fingerprint density at radius 3 is 2.09 bits per heavy atom. The van der Waals surface area contributed by atoms with Gasteiger partial charge in [-0.2, -0.15) is 0 Å². The van der Waals surface area contributed by atoms with Crippen molar-refractivity contribution in [2.24, 2.45) is 0 Å². The number of carbonyl (C=O) groups is 2. The fourth-order valence-corrected chi connectivity index (χ4v) is 1.99. The van der Waals surface area contributed by atoms with Crippen LogP contribution in [-0.4, -0.2) is 19.0 Å². The molecule has 1 amide bonds. The van der Waals surface area contributed by atoms with Crippen LogP contribution in [0.4, 0.5) is 4.39 Å². The number of hydrogen-bond acceptors (Lipinski definition) is 3. The van der Waals surface area contributed by atoms with Crippen LogP contribution < -0.4 is 5.32 Å². The standard InChI is InChI=1S/C17H16FNO3/c1-11(12-7-9-15(18)10-8-12)19-16(20)13-3-5-14(6-4-13)17(21)22-2/h3-11H,1-2H3,(H,19,20)/t11-/m0/s1. The topological polar surface area (TPSA) is 55.4 Å². The molecule has 0 bridgehead atoms. The smallest absolute Gasteiger partial charge is 0.337 e. The Morgan fingerprint density at radius 2 is 1.55 bits per heavy atom. The van der Waals surface area contributed by atoms with E-state index in [9.17, 15) is 14.0 Å². The van der Waals surface area contributed by atoms with Gasteiger partial charge in [-0.25, -0.2) is 9.18 Å². The van der Waals surface area contributed by atoms with Crippen molar-refractivity contribution in [2.45, 2.75) is 13.0 Å². The molecule has 22 heavy (non-hydrogen) atoms. The summed E-state index contributed by atoms with van der Waals surface area (Å²) in [6.07, 6.45) is 0. The van der Waals surface area contributed by atoms with Gasteiger partial charge in [0.25, 0.3) is 5.91 Å². The highest BCUT2D eigenvalue weighted by Gasteiger charge is 2.12. The van der Waals surface area contributed by atoms with Gasteiger partial charge in [-0.05, 0) is 48.9 Å². The van der Waals surface area contributed by atoms with Crippen LogP contribution in [0.5, 0.6) is 0 Å². The average Bonchev–Trinajstić information content (AvgIpc) is 2.54. The van der Waals surface area contributed by atoms with Crippen LogP contribution in [0.25, 0.3) is 0 Å². The van der Waals surface area contributed by atoms with Gasteiger partial charge in [-0.1, -0.05) is 12.1 Å². The third kappa shape index (κ3) is 3.69. The monoisotopic (exact) mass is 301 g/mol. The molecule has 2 aromatic rings. The zero-order chi connectivity index (χ0) is 16.1. The van der Waals surface area contributed by atoms with Crippen molar-refractivity contribution in [3.63, 3.8) is 0 Å². The van der Waals surface area contributed by atoms with Crippen molar-refractivity contribution in [1.82, 2.24) is 5.32 Å². The third-order valence-electron chi connectivity index (χ3n) is 3.29. The summed E-state index contributed by atoms with van der Waals surface area (Å²) in [5.41, 5.74) is 1.62. The first-order chi connectivity index (χ1) is 10.5. The minimum atomic E-state index is -0.452. The first-order valence-electron chi connectivity index (χ1n) is 6.76. The molecule has 0 fully saturated rings. The molecule has 5 heteroatoms. The number of benzene rings is 2. The van der Waals surface area contributed by atoms with E-state index in [1.807, 2.05) is 6.92 Å². The Morgan fingerprint density at radius 1 is 1.00 bits per heavy atom. The molecule has 114 valence electrons. The third-order valence-corrected chi connectivity index (χ3v) is 3.29. The zero-order valence-corrected chi connectivity index (χ0v) is 12.3. The molecule has 4 nitrogen and oxygen atoms in total. The molecule has 2 rings (SSSR count). The Kier molecular flexibility index (Phi) is 4.88. The number of rotatable bonds is 4. The average molecular weight is 301 g/mol. The van der Waals surface area contributed by atoms with E-state index in [0.717, 1.165) is 5.56 Å². The van der Waals surface area contributed by atoms with Crippen LogP contribution in [-0.2, 0) is 4.74 Å². The number of halogens is 1. The van der Waals surface area contributed by atoms with Gasteiger partial charge < -0.3 is 10.1 Å². The summed E-state index contributed by atoms with van der Waals surface area (Å²) in [5, 5.41) is 2.82. The van der Waals surface area contributed by atoms with Crippen LogP contribution in [0, 0.1) is 5.82 Å².